The van der Waals surface area contributed by atoms with E-state index >= 15 is 0 Å². The maximum Gasteiger partial charge on any atom is 0.226 e. The second-order valence-corrected chi connectivity index (χ2v) is 7.67. The van der Waals surface area contributed by atoms with Crippen molar-refractivity contribution in [2.45, 2.75) is 12.1 Å². The highest BCUT2D eigenvalue weighted by Crippen LogP contribution is 2.50. The highest BCUT2D eigenvalue weighted by molar-refractivity contribution is 5.85. The van der Waals surface area contributed by atoms with Crippen LogP contribution in [-0.2, 0) is 0 Å². The summed E-state index contributed by atoms with van der Waals surface area (Å²) in [5.41, 5.74) is 4.08. The van der Waals surface area contributed by atoms with Crippen LogP contribution in [0.5, 0.6) is 11.5 Å². The Bertz CT molecular complexity index is 1350. The van der Waals surface area contributed by atoms with Gasteiger partial charge in [-0.1, -0.05) is 42.5 Å². The van der Waals surface area contributed by atoms with Crippen LogP contribution in [0.4, 0.5) is 10.3 Å². The SMILES string of the molecule is COc1ccc([C@@H]2C3=C(Nc4ncnn42)c2ccccc2O[C@@H]3c2ccccc2F)cc1. The normalized spacial score (nSPS) is 18.7. The molecular formula is C25H19FN4O2. The van der Waals surface area contributed by atoms with Crippen LogP contribution in [0.25, 0.3) is 5.70 Å². The van der Waals surface area contributed by atoms with Crippen LogP contribution in [0.2, 0.25) is 0 Å². The molecule has 0 bridgehead atoms. The summed E-state index contributed by atoms with van der Waals surface area (Å²) in [7, 11) is 1.63. The van der Waals surface area contributed by atoms with Crippen LogP contribution in [0, 0.1) is 5.82 Å². The molecule has 2 atom stereocenters. The number of benzene rings is 3. The summed E-state index contributed by atoms with van der Waals surface area (Å²) >= 11 is 0. The van der Waals surface area contributed by atoms with Crippen molar-refractivity contribution in [1.29, 1.82) is 0 Å². The first-order valence-corrected chi connectivity index (χ1v) is 10.3. The number of aromatic nitrogens is 3. The molecule has 2 aliphatic heterocycles. The van der Waals surface area contributed by atoms with E-state index in [0.29, 0.717) is 17.3 Å². The van der Waals surface area contributed by atoms with Gasteiger partial charge in [-0.25, -0.2) is 9.07 Å². The average Bonchev–Trinajstić information content (AvgIpc) is 3.31. The molecule has 1 aromatic heterocycles. The number of nitrogens with one attached hydrogen (secondary N) is 1. The fraction of sp³-hybridized carbons (Fsp3) is 0.120. The third kappa shape index (κ3) is 2.78. The molecule has 0 saturated heterocycles. The fourth-order valence-electron chi connectivity index (χ4n) is 4.47. The molecule has 6 nitrogen and oxygen atoms in total. The van der Waals surface area contributed by atoms with Gasteiger partial charge < -0.3 is 14.8 Å². The quantitative estimate of drug-likeness (QED) is 0.500. The van der Waals surface area contributed by atoms with E-state index in [2.05, 4.69) is 15.4 Å². The van der Waals surface area contributed by atoms with Gasteiger partial charge in [0.2, 0.25) is 5.95 Å². The summed E-state index contributed by atoms with van der Waals surface area (Å²) in [6.45, 7) is 0. The summed E-state index contributed by atoms with van der Waals surface area (Å²) in [5.74, 6) is 1.75. The van der Waals surface area contributed by atoms with Crippen LogP contribution in [-0.4, -0.2) is 21.9 Å². The minimum atomic E-state index is -0.641. The standard InChI is InChI=1S/C25H19FN4O2/c1-31-16-12-10-15(11-13-16)23-21-22(29-25-27-14-28-30(23)25)18-7-3-5-9-20(18)32-24(21)17-6-2-4-8-19(17)26/h2-14,23-24H,1H3,(H,27,28,29)/t23-,24-/m1/s1. The Kier molecular flexibility index (Phi) is 4.21. The molecule has 32 heavy (non-hydrogen) atoms. The highest BCUT2D eigenvalue weighted by atomic mass is 19.1. The van der Waals surface area contributed by atoms with E-state index in [1.165, 1.54) is 12.4 Å². The number of hydrogen-bond acceptors (Lipinski definition) is 5. The molecule has 0 saturated carbocycles. The van der Waals surface area contributed by atoms with Crippen molar-refractivity contribution >= 4 is 11.6 Å². The predicted octanol–water partition coefficient (Wildman–Crippen LogP) is 4.99. The van der Waals surface area contributed by atoms with Gasteiger partial charge in [-0.2, -0.15) is 10.1 Å². The maximum absolute atomic E-state index is 15.0. The van der Waals surface area contributed by atoms with Gasteiger partial charge in [-0.05, 0) is 35.9 Å². The van der Waals surface area contributed by atoms with Gasteiger partial charge in [0.05, 0.1) is 12.8 Å². The average molecular weight is 426 g/mol. The molecule has 2 aliphatic rings. The van der Waals surface area contributed by atoms with Crippen molar-refractivity contribution in [2.75, 3.05) is 12.4 Å². The number of para-hydroxylation sites is 1. The first kappa shape index (κ1) is 18.6. The number of anilines is 1. The Morgan fingerprint density at radius 2 is 1.78 bits per heavy atom. The molecule has 0 aliphatic carbocycles. The van der Waals surface area contributed by atoms with Gasteiger partial charge in [0.1, 0.15) is 29.7 Å². The predicted molar refractivity (Wildman–Crippen MR) is 118 cm³/mol. The minimum absolute atomic E-state index is 0.318. The largest absolute Gasteiger partial charge is 0.497 e. The molecule has 3 heterocycles. The van der Waals surface area contributed by atoms with Gasteiger partial charge in [0.15, 0.2) is 6.10 Å². The summed E-state index contributed by atoms with van der Waals surface area (Å²) < 4.78 is 28.6. The van der Waals surface area contributed by atoms with Gasteiger partial charge in [0, 0.05) is 16.7 Å². The summed E-state index contributed by atoms with van der Waals surface area (Å²) in [6, 6.07) is 21.9. The molecule has 0 amide bonds. The Labute approximate surface area is 183 Å². The maximum atomic E-state index is 15.0. The van der Waals surface area contributed by atoms with Crippen LogP contribution < -0.4 is 14.8 Å². The molecule has 0 unspecified atom stereocenters. The molecular weight excluding hydrogens is 407 g/mol. The van der Waals surface area contributed by atoms with Gasteiger partial charge in [0.25, 0.3) is 0 Å². The first-order valence-electron chi connectivity index (χ1n) is 10.3. The number of methoxy groups -OCH3 is 1. The van der Waals surface area contributed by atoms with E-state index in [9.17, 15) is 4.39 Å². The Balaban J connectivity index is 1.62. The Hall–Kier alpha value is -4.13. The lowest BCUT2D eigenvalue weighted by molar-refractivity contribution is 0.218. The lowest BCUT2D eigenvalue weighted by Crippen LogP contribution is -2.32. The molecule has 158 valence electrons. The van der Waals surface area contributed by atoms with E-state index in [-0.39, 0.29) is 11.9 Å². The third-order valence-corrected chi connectivity index (χ3v) is 5.94. The van der Waals surface area contributed by atoms with Crippen molar-refractivity contribution in [3.8, 4) is 11.5 Å². The van der Waals surface area contributed by atoms with Crippen LogP contribution in [0.15, 0.2) is 84.7 Å². The van der Waals surface area contributed by atoms with Crippen molar-refractivity contribution in [3.63, 3.8) is 0 Å². The van der Waals surface area contributed by atoms with E-state index < -0.39 is 6.10 Å². The van der Waals surface area contributed by atoms with Crippen LogP contribution in [0.3, 0.4) is 0 Å². The van der Waals surface area contributed by atoms with Crippen LogP contribution in [0.1, 0.15) is 28.8 Å². The zero-order chi connectivity index (χ0) is 21.7. The smallest absolute Gasteiger partial charge is 0.226 e. The van der Waals surface area contributed by atoms with E-state index in [1.54, 1.807) is 19.2 Å². The molecule has 0 fully saturated rings. The summed E-state index contributed by atoms with van der Waals surface area (Å²) in [6.07, 6.45) is 0.875. The van der Waals surface area contributed by atoms with Gasteiger partial charge in [-0.3, -0.25) is 0 Å². The molecule has 7 heteroatoms. The van der Waals surface area contributed by atoms with Crippen LogP contribution >= 0.6 is 0 Å². The van der Waals surface area contributed by atoms with Crippen molar-refractivity contribution in [1.82, 2.24) is 14.8 Å². The zero-order valence-electron chi connectivity index (χ0n) is 17.2. The van der Waals surface area contributed by atoms with Crippen molar-refractivity contribution in [3.05, 3.63) is 107 Å². The van der Waals surface area contributed by atoms with Gasteiger partial charge >= 0.3 is 0 Å². The number of fused-ring (bicyclic) bond motifs is 3. The lowest BCUT2D eigenvalue weighted by Gasteiger charge is -2.39. The van der Waals surface area contributed by atoms with Crippen molar-refractivity contribution in [2.24, 2.45) is 0 Å². The monoisotopic (exact) mass is 426 g/mol. The summed E-state index contributed by atoms with van der Waals surface area (Å²) in [4.78, 5) is 4.41. The molecule has 0 radical (unpaired) electrons. The lowest BCUT2D eigenvalue weighted by atomic mass is 9.84. The van der Waals surface area contributed by atoms with E-state index in [4.69, 9.17) is 9.47 Å². The van der Waals surface area contributed by atoms with E-state index in [0.717, 1.165) is 28.1 Å². The van der Waals surface area contributed by atoms with Crippen molar-refractivity contribution < 1.29 is 13.9 Å². The first-order chi connectivity index (χ1) is 15.7. The molecule has 4 aromatic rings. The third-order valence-electron chi connectivity index (χ3n) is 5.94. The molecule has 3 aromatic carbocycles. The summed E-state index contributed by atoms with van der Waals surface area (Å²) in [5, 5.41) is 7.90. The second kappa shape index (κ2) is 7.23. The Morgan fingerprint density at radius 1 is 1.00 bits per heavy atom. The zero-order valence-corrected chi connectivity index (χ0v) is 17.2. The number of hydrogen-bond donors (Lipinski definition) is 1. The molecule has 0 spiro atoms. The van der Waals surface area contributed by atoms with E-state index in [1.807, 2.05) is 59.3 Å². The fourth-order valence-corrected chi connectivity index (χ4v) is 4.47. The molecule has 1 N–H and O–H groups in total. The minimum Gasteiger partial charge on any atom is -0.497 e. The van der Waals surface area contributed by atoms with Gasteiger partial charge in [-0.15, -0.1) is 0 Å². The Morgan fingerprint density at radius 3 is 2.59 bits per heavy atom. The number of halogens is 1. The highest BCUT2D eigenvalue weighted by Gasteiger charge is 2.41. The molecule has 6 rings (SSSR count). The second-order valence-electron chi connectivity index (χ2n) is 7.67. The number of nitrogens with zero attached hydrogens (tertiary/aromatic N) is 3. The topological polar surface area (TPSA) is 61.2 Å². The number of ether oxygens (including phenoxy) is 2. The number of rotatable bonds is 3.